The van der Waals surface area contributed by atoms with Gasteiger partial charge in [-0.15, -0.1) is 0 Å². The van der Waals surface area contributed by atoms with Crippen LogP contribution in [-0.4, -0.2) is 24.6 Å². The van der Waals surface area contributed by atoms with E-state index in [4.69, 9.17) is 26.8 Å². The van der Waals surface area contributed by atoms with Crippen LogP contribution in [0.1, 0.15) is 18.1 Å². The number of benzene rings is 1. The molecule has 0 spiro atoms. The van der Waals surface area contributed by atoms with Crippen molar-refractivity contribution >= 4 is 23.5 Å². The average Bonchev–Trinajstić information content (AvgIpc) is 2.27. The number of carbonyl (C=O) groups excluding carboxylic acids is 2. The van der Waals surface area contributed by atoms with E-state index in [9.17, 15) is 9.59 Å². The second-order valence-electron chi connectivity index (χ2n) is 4.19. The second-order valence-corrected chi connectivity index (χ2v) is 4.63. The monoisotopic (exact) mass is 285 g/mol. The van der Waals surface area contributed by atoms with Crippen LogP contribution in [0.3, 0.4) is 0 Å². The summed E-state index contributed by atoms with van der Waals surface area (Å²) < 4.78 is 10.2. The zero-order valence-corrected chi connectivity index (χ0v) is 11.8. The minimum Gasteiger partial charge on any atom is -0.481 e. The number of hydrogen-bond acceptors (Lipinski definition) is 4. The summed E-state index contributed by atoms with van der Waals surface area (Å²) in [4.78, 5) is 22.2. The van der Waals surface area contributed by atoms with Crippen LogP contribution in [0.4, 0.5) is 0 Å². The summed E-state index contributed by atoms with van der Waals surface area (Å²) >= 11 is 5.89. The summed E-state index contributed by atoms with van der Waals surface area (Å²) in [6, 6.07) is 3.47. The summed E-state index contributed by atoms with van der Waals surface area (Å²) in [5, 5.41) is 0.604. The van der Waals surface area contributed by atoms with Crippen molar-refractivity contribution in [1.82, 2.24) is 0 Å². The van der Waals surface area contributed by atoms with Gasteiger partial charge in [-0.1, -0.05) is 11.6 Å². The highest BCUT2D eigenvalue weighted by molar-refractivity contribution is 6.30. The van der Waals surface area contributed by atoms with Crippen molar-refractivity contribution in [3.8, 4) is 5.75 Å². The lowest BCUT2D eigenvalue weighted by molar-refractivity contribution is -0.155. The van der Waals surface area contributed by atoms with Crippen LogP contribution in [-0.2, 0) is 14.3 Å². The van der Waals surface area contributed by atoms with Gasteiger partial charge in [-0.3, -0.25) is 4.79 Å². The molecule has 1 aromatic rings. The van der Waals surface area contributed by atoms with Crippen molar-refractivity contribution < 1.29 is 19.1 Å². The van der Waals surface area contributed by atoms with Gasteiger partial charge < -0.3 is 15.2 Å². The van der Waals surface area contributed by atoms with E-state index in [0.29, 0.717) is 10.8 Å². The van der Waals surface area contributed by atoms with Crippen LogP contribution in [0, 0.1) is 13.8 Å². The molecule has 1 aromatic carbocycles. The molecular formula is C13H16ClNO4. The predicted octanol–water partition coefficient (Wildman–Crippen LogP) is 1.75. The lowest BCUT2D eigenvalue weighted by Gasteiger charge is -2.13. The van der Waals surface area contributed by atoms with Gasteiger partial charge in [-0.25, -0.2) is 4.79 Å². The van der Waals surface area contributed by atoms with Crippen LogP contribution < -0.4 is 10.5 Å². The number of halogens is 1. The molecule has 0 unspecified atom stereocenters. The SMILES string of the molecule is Cc1cc(Cl)cc(C)c1OCC(=O)O[C@@H](C)C(N)=O. The van der Waals surface area contributed by atoms with Crippen molar-refractivity contribution in [2.75, 3.05) is 6.61 Å². The Labute approximate surface area is 116 Å². The fourth-order valence-corrected chi connectivity index (χ4v) is 1.87. The molecule has 5 nitrogen and oxygen atoms in total. The van der Waals surface area contributed by atoms with E-state index in [-0.39, 0.29) is 6.61 Å². The molecule has 0 fully saturated rings. The van der Waals surface area contributed by atoms with E-state index in [1.165, 1.54) is 6.92 Å². The lowest BCUT2D eigenvalue weighted by atomic mass is 10.1. The Morgan fingerprint density at radius 3 is 2.32 bits per heavy atom. The van der Waals surface area contributed by atoms with Crippen LogP contribution in [0.25, 0.3) is 0 Å². The zero-order chi connectivity index (χ0) is 14.6. The van der Waals surface area contributed by atoms with E-state index in [1.54, 1.807) is 12.1 Å². The molecule has 0 saturated heterocycles. The summed E-state index contributed by atoms with van der Waals surface area (Å²) in [6.45, 7) is 4.76. The minimum absolute atomic E-state index is 0.291. The van der Waals surface area contributed by atoms with Crippen LogP contribution in [0.15, 0.2) is 12.1 Å². The van der Waals surface area contributed by atoms with E-state index in [1.807, 2.05) is 13.8 Å². The van der Waals surface area contributed by atoms with Crippen molar-refractivity contribution in [2.45, 2.75) is 26.9 Å². The molecule has 0 aliphatic heterocycles. The van der Waals surface area contributed by atoms with Gasteiger partial charge >= 0.3 is 5.97 Å². The number of aryl methyl sites for hydroxylation is 2. The maximum Gasteiger partial charge on any atom is 0.344 e. The van der Waals surface area contributed by atoms with Gasteiger partial charge in [0.05, 0.1) is 0 Å². The smallest absolute Gasteiger partial charge is 0.344 e. The number of nitrogens with two attached hydrogens (primary N) is 1. The normalized spacial score (nSPS) is 11.8. The van der Waals surface area contributed by atoms with Crippen molar-refractivity contribution in [2.24, 2.45) is 5.73 Å². The highest BCUT2D eigenvalue weighted by Crippen LogP contribution is 2.26. The second kappa shape index (κ2) is 6.43. The summed E-state index contributed by atoms with van der Waals surface area (Å²) in [7, 11) is 0. The molecule has 1 rings (SSSR count). The first-order valence-corrected chi connectivity index (χ1v) is 6.07. The minimum atomic E-state index is -0.969. The third-order valence-electron chi connectivity index (χ3n) is 2.47. The van der Waals surface area contributed by atoms with E-state index >= 15 is 0 Å². The number of primary amides is 1. The maximum atomic E-state index is 11.4. The van der Waals surface area contributed by atoms with Gasteiger partial charge in [-0.2, -0.15) is 0 Å². The molecule has 1 atom stereocenters. The summed E-state index contributed by atoms with van der Waals surface area (Å²) in [5.74, 6) is -0.777. The van der Waals surface area contributed by atoms with Gasteiger partial charge in [0, 0.05) is 5.02 Å². The molecule has 104 valence electrons. The van der Waals surface area contributed by atoms with Crippen LogP contribution in [0.2, 0.25) is 5.02 Å². The molecule has 0 radical (unpaired) electrons. The number of esters is 1. The third-order valence-corrected chi connectivity index (χ3v) is 2.69. The molecule has 0 aliphatic rings. The largest absolute Gasteiger partial charge is 0.481 e. The maximum absolute atomic E-state index is 11.4. The van der Waals surface area contributed by atoms with Gasteiger partial charge in [0.25, 0.3) is 5.91 Å². The number of rotatable bonds is 5. The first-order valence-electron chi connectivity index (χ1n) is 5.69. The van der Waals surface area contributed by atoms with E-state index < -0.39 is 18.0 Å². The van der Waals surface area contributed by atoms with Crippen molar-refractivity contribution in [3.63, 3.8) is 0 Å². The standard InChI is InChI=1S/C13H16ClNO4/c1-7-4-10(14)5-8(2)12(7)18-6-11(16)19-9(3)13(15)17/h4-5,9H,6H2,1-3H3,(H2,15,17)/t9-/m0/s1. The third kappa shape index (κ3) is 4.44. The fourth-order valence-electron chi connectivity index (χ4n) is 1.55. The number of hydrogen-bond donors (Lipinski definition) is 1. The van der Waals surface area contributed by atoms with Gasteiger partial charge in [0.1, 0.15) is 5.75 Å². The molecule has 1 amide bonds. The van der Waals surface area contributed by atoms with Crippen molar-refractivity contribution in [1.29, 1.82) is 0 Å². The van der Waals surface area contributed by atoms with Crippen LogP contribution >= 0.6 is 11.6 Å². The molecule has 19 heavy (non-hydrogen) atoms. The molecule has 2 N–H and O–H groups in total. The predicted molar refractivity (Wildman–Crippen MR) is 71.2 cm³/mol. The van der Waals surface area contributed by atoms with E-state index in [2.05, 4.69) is 0 Å². The molecule has 0 saturated carbocycles. The van der Waals surface area contributed by atoms with Gasteiger partial charge in [-0.05, 0) is 44.0 Å². The zero-order valence-electron chi connectivity index (χ0n) is 11.0. The molecular weight excluding hydrogens is 270 g/mol. The van der Waals surface area contributed by atoms with Crippen LogP contribution in [0.5, 0.6) is 5.75 Å². The fraction of sp³-hybridized carbons (Fsp3) is 0.385. The summed E-state index contributed by atoms with van der Waals surface area (Å²) in [6.07, 6.45) is -0.969. The molecule has 0 bridgehead atoms. The average molecular weight is 286 g/mol. The number of amides is 1. The first-order chi connectivity index (χ1) is 8.81. The Morgan fingerprint density at radius 2 is 1.84 bits per heavy atom. The van der Waals surface area contributed by atoms with Crippen molar-refractivity contribution in [3.05, 3.63) is 28.3 Å². The Morgan fingerprint density at radius 1 is 1.32 bits per heavy atom. The Balaban J connectivity index is 2.63. The first kappa shape index (κ1) is 15.3. The number of carbonyl (C=O) groups is 2. The highest BCUT2D eigenvalue weighted by atomic mass is 35.5. The molecule has 0 aromatic heterocycles. The lowest BCUT2D eigenvalue weighted by Crippen LogP contribution is -2.32. The quantitative estimate of drug-likeness (QED) is 0.836. The molecule has 0 heterocycles. The molecule has 0 aliphatic carbocycles. The van der Waals surface area contributed by atoms with Gasteiger partial charge in [0.2, 0.25) is 0 Å². The Bertz CT molecular complexity index is 478. The van der Waals surface area contributed by atoms with Gasteiger partial charge in [0.15, 0.2) is 12.7 Å². The number of ether oxygens (including phenoxy) is 2. The topological polar surface area (TPSA) is 78.6 Å². The highest BCUT2D eigenvalue weighted by Gasteiger charge is 2.15. The molecule has 6 heteroatoms. The van der Waals surface area contributed by atoms with E-state index in [0.717, 1.165) is 11.1 Å². The Kier molecular flexibility index (Phi) is 5.18. The Hall–Kier alpha value is -1.75. The summed E-state index contributed by atoms with van der Waals surface area (Å²) in [5.41, 5.74) is 6.63.